The number of hydrogen-bond acceptors (Lipinski definition) is 3. The molecule has 1 heterocycles. The van der Waals surface area contributed by atoms with Gasteiger partial charge in [0.05, 0.1) is 13.2 Å². The molecule has 0 amide bonds. The van der Waals surface area contributed by atoms with Crippen LogP contribution < -0.4 is 0 Å². The second-order valence-corrected chi connectivity index (χ2v) is 9.25. The third-order valence-electron chi connectivity index (χ3n) is 5.87. The summed E-state index contributed by atoms with van der Waals surface area (Å²) in [5.41, 5.74) is -0.772. The summed E-state index contributed by atoms with van der Waals surface area (Å²) in [5.74, 6) is -0.541. The number of aliphatic hydroxyl groups is 1. The molecule has 3 nitrogen and oxygen atoms in total. The first-order chi connectivity index (χ1) is 13.0. The van der Waals surface area contributed by atoms with E-state index in [1.165, 1.54) is 96.3 Å². The van der Waals surface area contributed by atoms with Crippen LogP contribution in [-0.4, -0.2) is 29.7 Å². The van der Waals surface area contributed by atoms with Gasteiger partial charge in [-0.25, -0.2) is 0 Å². The van der Waals surface area contributed by atoms with Gasteiger partial charge in [-0.15, -0.1) is 0 Å². The van der Waals surface area contributed by atoms with Crippen LogP contribution in [0.25, 0.3) is 0 Å². The van der Waals surface area contributed by atoms with Crippen molar-refractivity contribution < 1.29 is 14.6 Å². The fourth-order valence-electron chi connectivity index (χ4n) is 3.85. The molecule has 1 fully saturated rings. The summed E-state index contributed by atoms with van der Waals surface area (Å²) in [5, 5.41) is 10.5. The summed E-state index contributed by atoms with van der Waals surface area (Å²) in [6, 6.07) is 0. The van der Waals surface area contributed by atoms with Crippen LogP contribution in [-0.2, 0) is 9.47 Å². The molecule has 0 spiro atoms. The lowest BCUT2D eigenvalue weighted by Crippen LogP contribution is -2.51. The van der Waals surface area contributed by atoms with Gasteiger partial charge in [-0.1, -0.05) is 110 Å². The molecule has 1 aliphatic heterocycles. The minimum atomic E-state index is -0.772. The molecule has 27 heavy (non-hydrogen) atoms. The number of rotatable bonds is 17. The van der Waals surface area contributed by atoms with Crippen LogP contribution in [0, 0.1) is 0 Å². The zero-order chi connectivity index (χ0) is 19.8. The van der Waals surface area contributed by atoms with Crippen molar-refractivity contribution in [3.8, 4) is 0 Å². The topological polar surface area (TPSA) is 38.7 Å². The minimum absolute atomic E-state index is 0.402. The van der Waals surface area contributed by atoms with Crippen LogP contribution in [0.4, 0.5) is 0 Å². The Morgan fingerprint density at radius 1 is 0.593 bits per heavy atom. The fourth-order valence-corrected chi connectivity index (χ4v) is 3.85. The van der Waals surface area contributed by atoms with Gasteiger partial charge in [0.15, 0.2) is 5.79 Å². The van der Waals surface area contributed by atoms with Crippen molar-refractivity contribution in [2.24, 2.45) is 0 Å². The quantitative estimate of drug-likeness (QED) is 0.271. The molecule has 0 saturated carbocycles. The Hall–Kier alpha value is -0.120. The summed E-state index contributed by atoms with van der Waals surface area (Å²) in [7, 11) is 0. The third kappa shape index (κ3) is 13.7. The zero-order valence-electron chi connectivity index (χ0n) is 18.7. The molecule has 0 bridgehead atoms. The van der Waals surface area contributed by atoms with E-state index < -0.39 is 11.4 Å². The van der Waals surface area contributed by atoms with Crippen LogP contribution in [0.5, 0.6) is 0 Å². The second kappa shape index (κ2) is 14.8. The van der Waals surface area contributed by atoms with E-state index in [-0.39, 0.29) is 0 Å². The van der Waals surface area contributed by atoms with Crippen molar-refractivity contribution in [1.29, 1.82) is 0 Å². The van der Waals surface area contributed by atoms with E-state index in [1.54, 1.807) is 0 Å². The van der Waals surface area contributed by atoms with E-state index in [4.69, 9.17) is 9.47 Å². The van der Waals surface area contributed by atoms with E-state index in [2.05, 4.69) is 6.92 Å². The highest BCUT2D eigenvalue weighted by atomic mass is 16.7. The third-order valence-corrected chi connectivity index (χ3v) is 5.87. The SMILES string of the molecule is CCCCCCCCCCCCCCCCCCC1(O)COC(C)(C)OC1. The molecule has 0 aromatic rings. The van der Waals surface area contributed by atoms with Crippen LogP contribution in [0.3, 0.4) is 0 Å². The number of hydrogen-bond donors (Lipinski definition) is 1. The van der Waals surface area contributed by atoms with Crippen molar-refractivity contribution in [2.45, 2.75) is 141 Å². The first kappa shape index (κ1) is 24.9. The standard InChI is InChI=1S/C24H48O3/c1-4-5-6-7-8-9-10-11-12-13-14-15-16-17-18-19-20-24(25)21-26-23(2,3)27-22-24/h25H,4-22H2,1-3H3. The van der Waals surface area contributed by atoms with Gasteiger partial charge in [-0.3, -0.25) is 0 Å². The van der Waals surface area contributed by atoms with Crippen molar-refractivity contribution in [1.82, 2.24) is 0 Å². The Morgan fingerprint density at radius 3 is 1.30 bits per heavy atom. The highest BCUT2D eigenvalue weighted by Gasteiger charge is 2.37. The number of ether oxygens (including phenoxy) is 2. The van der Waals surface area contributed by atoms with E-state index in [0.29, 0.717) is 13.2 Å². The summed E-state index contributed by atoms with van der Waals surface area (Å²) in [6.45, 7) is 6.90. The zero-order valence-corrected chi connectivity index (χ0v) is 18.7. The highest BCUT2D eigenvalue weighted by Crippen LogP contribution is 2.27. The molecule has 0 unspecified atom stereocenters. The van der Waals surface area contributed by atoms with Crippen molar-refractivity contribution in [3.05, 3.63) is 0 Å². The molecular formula is C24H48O3. The highest BCUT2D eigenvalue weighted by molar-refractivity contribution is 4.82. The molecule has 0 radical (unpaired) electrons. The fraction of sp³-hybridized carbons (Fsp3) is 1.00. The minimum Gasteiger partial charge on any atom is -0.385 e. The molecule has 162 valence electrons. The molecular weight excluding hydrogens is 336 g/mol. The molecule has 0 atom stereocenters. The summed E-state index contributed by atoms with van der Waals surface area (Å²) >= 11 is 0. The lowest BCUT2D eigenvalue weighted by atomic mass is 9.96. The Kier molecular flexibility index (Phi) is 13.7. The van der Waals surface area contributed by atoms with Crippen molar-refractivity contribution in [2.75, 3.05) is 13.2 Å². The maximum Gasteiger partial charge on any atom is 0.163 e. The van der Waals surface area contributed by atoms with E-state index in [9.17, 15) is 5.11 Å². The van der Waals surface area contributed by atoms with Gasteiger partial charge >= 0.3 is 0 Å². The average molecular weight is 385 g/mol. The summed E-state index contributed by atoms with van der Waals surface area (Å²) in [6.07, 6.45) is 22.8. The molecule has 0 aliphatic carbocycles. The van der Waals surface area contributed by atoms with Gasteiger partial charge in [0, 0.05) is 0 Å². The van der Waals surface area contributed by atoms with Crippen LogP contribution in [0.2, 0.25) is 0 Å². The molecule has 3 heteroatoms. The van der Waals surface area contributed by atoms with Gasteiger partial charge in [-0.2, -0.15) is 0 Å². The lowest BCUT2D eigenvalue weighted by Gasteiger charge is -2.40. The predicted octanol–water partition coefficient (Wildman–Crippen LogP) is 7.15. The predicted molar refractivity (Wildman–Crippen MR) is 115 cm³/mol. The van der Waals surface area contributed by atoms with Gasteiger partial charge in [0.1, 0.15) is 5.60 Å². The second-order valence-electron chi connectivity index (χ2n) is 9.25. The molecule has 1 rings (SSSR count). The average Bonchev–Trinajstić information content (AvgIpc) is 2.64. The van der Waals surface area contributed by atoms with E-state index in [0.717, 1.165) is 12.8 Å². The van der Waals surface area contributed by atoms with E-state index in [1.807, 2.05) is 13.8 Å². The monoisotopic (exact) mass is 384 g/mol. The Bertz CT molecular complexity index is 331. The Labute approximate surface area is 169 Å². The summed E-state index contributed by atoms with van der Waals surface area (Å²) in [4.78, 5) is 0. The smallest absolute Gasteiger partial charge is 0.163 e. The Morgan fingerprint density at radius 2 is 0.926 bits per heavy atom. The molecule has 1 saturated heterocycles. The molecule has 1 N–H and O–H groups in total. The van der Waals surface area contributed by atoms with Crippen molar-refractivity contribution >= 4 is 0 Å². The Balaban J connectivity index is 1.78. The van der Waals surface area contributed by atoms with Gasteiger partial charge in [-0.05, 0) is 20.3 Å². The van der Waals surface area contributed by atoms with Crippen LogP contribution >= 0.6 is 0 Å². The van der Waals surface area contributed by atoms with E-state index >= 15 is 0 Å². The number of unbranched alkanes of at least 4 members (excludes halogenated alkanes) is 15. The lowest BCUT2D eigenvalue weighted by molar-refractivity contribution is -0.302. The maximum absolute atomic E-state index is 10.5. The molecule has 1 aliphatic rings. The molecule has 0 aromatic heterocycles. The maximum atomic E-state index is 10.5. The largest absolute Gasteiger partial charge is 0.385 e. The summed E-state index contributed by atoms with van der Waals surface area (Å²) < 4.78 is 11.2. The first-order valence-electron chi connectivity index (χ1n) is 12.0. The van der Waals surface area contributed by atoms with Crippen LogP contribution in [0.15, 0.2) is 0 Å². The van der Waals surface area contributed by atoms with Gasteiger partial charge in [0.25, 0.3) is 0 Å². The van der Waals surface area contributed by atoms with Crippen LogP contribution in [0.1, 0.15) is 130 Å². The first-order valence-corrected chi connectivity index (χ1v) is 12.0. The normalized spacial score (nSPS) is 18.7. The molecule has 0 aromatic carbocycles. The van der Waals surface area contributed by atoms with Gasteiger partial charge < -0.3 is 14.6 Å². The van der Waals surface area contributed by atoms with Gasteiger partial charge in [0.2, 0.25) is 0 Å². The van der Waals surface area contributed by atoms with Crippen molar-refractivity contribution in [3.63, 3.8) is 0 Å².